The first-order chi connectivity index (χ1) is 25.4. The van der Waals surface area contributed by atoms with Crippen molar-refractivity contribution in [2.75, 3.05) is 26.2 Å². The molecule has 0 saturated carbocycles. The van der Waals surface area contributed by atoms with Crippen LogP contribution in [0.3, 0.4) is 0 Å². The third kappa shape index (κ3) is 5.63. The second-order valence-electron chi connectivity index (χ2n) is 16.6. The van der Waals surface area contributed by atoms with Crippen LogP contribution in [0.1, 0.15) is 60.1 Å². The van der Waals surface area contributed by atoms with Gasteiger partial charge < -0.3 is 19.2 Å². The van der Waals surface area contributed by atoms with Crippen LogP contribution >= 0.6 is 0 Å². The van der Waals surface area contributed by atoms with E-state index in [4.69, 9.17) is 0 Å². The van der Waals surface area contributed by atoms with Gasteiger partial charge in [-0.05, 0) is 53.3 Å². The fourth-order valence-electron chi connectivity index (χ4n) is 11.5. The predicted molar refractivity (Wildman–Crippen MR) is 208 cm³/mol. The summed E-state index contributed by atoms with van der Waals surface area (Å²) in [5.41, 5.74) is 6.54. The van der Waals surface area contributed by atoms with Crippen LogP contribution in [0.25, 0.3) is 21.8 Å². The van der Waals surface area contributed by atoms with Crippen molar-refractivity contribution in [3.05, 3.63) is 145 Å². The molecule has 6 saturated heterocycles. The molecule has 11 rings (SSSR count). The van der Waals surface area contributed by atoms with Crippen LogP contribution < -0.4 is 0 Å². The molecule has 4 bridgehead atoms. The minimum atomic E-state index is -0.569. The highest BCUT2D eigenvalue weighted by atomic mass is 16.3. The van der Waals surface area contributed by atoms with Gasteiger partial charge in [0.25, 0.3) is 0 Å². The van der Waals surface area contributed by atoms with Gasteiger partial charge in [-0.15, -0.1) is 13.2 Å². The van der Waals surface area contributed by atoms with Gasteiger partial charge in [0, 0.05) is 71.8 Å². The molecule has 6 heteroatoms. The Morgan fingerprint density at radius 3 is 1.56 bits per heavy atom. The van der Waals surface area contributed by atoms with Gasteiger partial charge in [0.2, 0.25) is 0 Å². The second kappa shape index (κ2) is 13.3. The van der Waals surface area contributed by atoms with Gasteiger partial charge in [0.1, 0.15) is 37.4 Å². The topological polar surface area (TPSA) is 66.2 Å². The first kappa shape index (κ1) is 33.6. The van der Waals surface area contributed by atoms with Crippen LogP contribution in [-0.4, -0.2) is 67.4 Å². The average molecular weight is 693 g/mol. The maximum absolute atomic E-state index is 12.3. The van der Waals surface area contributed by atoms with Crippen molar-refractivity contribution in [3.63, 3.8) is 0 Å². The average Bonchev–Trinajstić information content (AvgIpc) is 3.19. The van der Waals surface area contributed by atoms with Gasteiger partial charge in [-0.3, -0.25) is 9.97 Å². The van der Waals surface area contributed by atoms with E-state index in [1.165, 1.54) is 24.0 Å². The van der Waals surface area contributed by atoms with Gasteiger partial charge in [-0.1, -0.05) is 66.7 Å². The predicted octanol–water partition coefficient (Wildman–Crippen LogP) is 8.07. The highest BCUT2D eigenvalue weighted by Crippen LogP contribution is 2.50. The molecule has 3 aromatic carbocycles. The zero-order valence-electron chi connectivity index (χ0n) is 30.2. The number of aromatic nitrogens is 2. The summed E-state index contributed by atoms with van der Waals surface area (Å²) in [6, 6.07) is 30.0. The fraction of sp³-hybridized carbons (Fsp3) is 0.391. The number of hydrogen-bond donors (Lipinski definition) is 2. The molecule has 266 valence electrons. The molecule has 5 aromatic rings. The monoisotopic (exact) mass is 692 g/mol. The van der Waals surface area contributed by atoms with Crippen molar-refractivity contribution in [2.24, 2.45) is 23.7 Å². The van der Waals surface area contributed by atoms with Gasteiger partial charge in [0.15, 0.2) is 0 Å². The largest absolute Gasteiger partial charge is 0.382 e. The molecule has 0 aliphatic carbocycles. The molecule has 2 N–H and O–H groups in total. The number of para-hydroxylation sites is 2. The maximum atomic E-state index is 12.3. The van der Waals surface area contributed by atoms with E-state index < -0.39 is 12.2 Å². The molecule has 2 aromatic heterocycles. The van der Waals surface area contributed by atoms with E-state index in [0.29, 0.717) is 23.7 Å². The van der Waals surface area contributed by atoms with E-state index >= 15 is 0 Å². The number of pyridine rings is 2. The maximum Gasteiger partial charge on any atom is 0.131 e. The molecule has 2 unspecified atom stereocenters. The van der Waals surface area contributed by atoms with E-state index in [1.54, 1.807) is 0 Å². The van der Waals surface area contributed by atoms with Crippen LogP contribution in [0.15, 0.2) is 123 Å². The number of hydrogen-bond acceptors (Lipinski definition) is 4. The zero-order valence-corrected chi connectivity index (χ0v) is 30.2. The third-order valence-corrected chi connectivity index (χ3v) is 14.1. The summed E-state index contributed by atoms with van der Waals surface area (Å²) in [7, 11) is 0. The number of nitrogens with zero attached hydrogens (tertiary/aromatic N) is 4. The van der Waals surface area contributed by atoms with Gasteiger partial charge >= 0.3 is 0 Å². The molecule has 6 nitrogen and oxygen atoms in total. The number of aliphatic hydroxyl groups excluding tert-OH is 2. The molecule has 6 aliphatic heterocycles. The van der Waals surface area contributed by atoms with E-state index in [1.807, 2.05) is 60.9 Å². The number of rotatable bonds is 10. The molecule has 6 fully saturated rings. The number of piperidine rings is 6. The zero-order chi connectivity index (χ0) is 35.5. The molecule has 52 heavy (non-hydrogen) atoms. The van der Waals surface area contributed by atoms with Crippen LogP contribution in [0.2, 0.25) is 0 Å². The molecular weight excluding hydrogens is 641 g/mol. The second-order valence-corrected chi connectivity index (χ2v) is 16.6. The highest BCUT2D eigenvalue weighted by Gasteiger charge is 2.55. The number of aliphatic hydroxyl groups is 2. The Hall–Kier alpha value is -4.20. The van der Waals surface area contributed by atoms with E-state index in [-0.39, 0.29) is 12.1 Å². The first-order valence-corrected chi connectivity index (χ1v) is 19.5. The molecule has 10 atom stereocenters. The Kier molecular flexibility index (Phi) is 8.62. The normalized spacial score (nSPS) is 32.1. The van der Waals surface area contributed by atoms with Gasteiger partial charge in [0.05, 0.1) is 37.2 Å². The molecule has 6 aliphatic rings. The fourth-order valence-corrected chi connectivity index (χ4v) is 11.5. The van der Waals surface area contributed by atoms with Gasteiger partial charge in [-0.2, -0.15) is 0 Å². The van der Waals surface area contributed by atoms with E-state index in [9.17, 15) is 10.2 Å². The quantitative estimate of drug-likeness (QED) is 0.115. The van der Waals surface area contributed by atoms with Crippen molar-refractivity contribution in [1.82, 2.24) is 9.97 Å². The Morgan fingerprint density at radius 2 is 1.10 bits per heavy atom. The summed E-state index contributed by atoms with van der Waals surface area (Å²) in [5.74, 6) is 2.05. The van der Waals surface area contributed by atoms with Crippen molar-refractivity contribution >= 4 is 21.8 Å². The summed E-state index contributed by atoms with van der Waals surface area (Å²) < 4.78 is 1.76. The lowest BCUT2D eigenvalue weighted by Gasteiger charge is -2.58. The summed E-state index contributed by atoms with van der Waals surface area (Å²) in [6.07, 6.45) is 11.3. The van der Waals surface area contributed by atoms with Gasteiger partial charge in [-0.25, -0.2) is 0 Å². The van der Waals surface area contributed by atoms with Crippen molar-refractivity contribution in [1.29, 1.82) is 0 Å². The summed E-state index contributed by atoms with van der Waals surface area (Å²) in [5, 5.41) is 26.7. The first-order valence-electron chi connectivity index (χ1n) is 19.5. The number of quaternary nitrogens is 2. The van der Waals surface area contributed by atoms with E-state index in [2.05, 4.69) is 71.7 Å². The number of fused-ring (bicyclic) bond motifs is 8. The lowest BCUT2D eigenvalue weighted by molar-refractivity contribution is -0.985. The standard InChI is InChI=1S/C46H52N4O2/c1-3-33-29-49(22-18-35(33)25-43(49)45(51)39-16-20-47-41-14-7-5-12-37(39)41)27-31-10-9-11-32(24-31)28-50-23-19-36(34(4-2)30-50)26-44(50)46(52)40-17-21-48-42-15-8-6-13-38(40)42/h3-17,20-21,24,33-36,43-46,51-52H,1-2,18-19,22-23,25-30H2/q+2/t33-,34-,35-,36-,43-,44-,45+,46+,49?,50?/m0/s1. The Labute approximate surface area is 308 Å². The Morgan fingerprint density at radius 1 is 0.635 bits per heavy atom. The Bertz CT molecular complexity index is 1980. The summed E-state index contributed by atoms with van der Waals surface area (Å²) in [4.78, 5) is 9.21. The molecule has 0 radical (unpaired) electrons. The minimum Gasteiger partial charge on any atom is -0.382 e. The van der Waals surface area contributed by atoms with Crippen molar-refractivity contribution in [3.8, 4) is 0 Å². The SMILES string of the molecule is C=C[C@H]1C[N+]2(Cc3cccc(C[N+]45CC[C@@H](C[C@H]4[C@H](O)c4ccnc6ccccc46)[C@@H](C=C)C5)c3)CC[C@H]1C[C@H]2[C@H](O)c1ccnc2ccccc12. The van der Waals surface area contributed by atoms with Crippen molar-refractivity contribution in [2.45, 2.75) is 63.1 Å². The third-order valence-electron chi connectivity index (χ3n) is 14.1. The molecular formula is C46H52N4O2+2. The molecule has 0 amide bonds. The smallest absolute Gasteiger partial charge is 0.131 e. The molecule has 0 spiro atoms. The summed E-state index contributed by atoms with van der Waals surface area (Å²) >= 11 is 0. The minimum absolute atomic E-state index is 0.107. The lowest BCUT2D eigenvalue weighted by Crippen LogP contribution is -2.67. The Balaban J connectivity index is 1.04. The van der Waals surface area contributed by atoms with Crippen LogP contribution in [0, 0.1) is 23.7 Å². The van der Waals surface area contributed by atoms with E-state index in [0.717, 1.165) is 94.0 Å². The van der Waals surface area contributed by atoms with Crippen LogP contribution in [0.4, 0.5) is 0 Å². The highest BCUT2D eigenvalue weighted by molar-refractivity contribution is 5.83. The molecule has 8 heterocycles. The lowest BCUT2D eigenvalue weighted by atomic mass is 9.71. The number of benzene rings is 3. The van der Waals surface area contributed by atoms with Crippen LogP contribution in [-0.2, 0) is 13.1 Å². The summed E-state index contributed by atoms with van der Waals surface area (Å²) in [6.45, 7) is 14.5. The van der Waals surface area contributed by atoms with Crippen molar-refractivity contribution < 1.29 is 19.2 Å². The van der Waals surface area contributed by atoms with Crippen LogP contribution in [0.5, 0.6) is 0 Å².